The first kappa shape index (κ1) is 53.2. The number of fused-ring (bicyclic) bond motifs is 6. The summed E-state index contributed by atoms with van der Waals surface area (Å²) in [7, 11) is 4.18. The first-order valence-electron chi connectivity index (χ1n) is 28.5. The Bertz CT molecular complexity index is 4070. The molecule has 2 fully saturated rings. The van der Waals surface area contributed by atoms with Gasteiger partial charge in [-0.3, -0.25) is 4.90 Å². The number of nitrogens with zero attached hydrogens (tertiary/aromatic N) is 13. The van der Waals surface area contributed by atoms with Gasteiger partial charge in [-0.2, -0.15) is 24.3 Å². The molecule has 424 valence electrons. The lowest BCUT2D eigenvalue weighted by Crippen LogP contribution is -2.43. The highest BCUT2D eigenvalue weighted by molar-refractivity contribution is 6.36. The van der Waals surface area contributed by atoms with E-state index in [-0.39, 0.29) is 61.0 Å². The van der Waals surface area contributed by atoms with Crippen LogP contribution < -0.4 is 28.9 Å². The standard InChI is InChI=1S/C63H61Cl2F2N13O3/c1-6-43-48(66)18-16-40-24-42(26-46(56(40)43)39-15-17-44-49(25-39)70-62(81-32-41-12-9-21-74(41)4)72-60(44)80-31-53-59(67)69-35-78(53)28-37(80)3)83-55-20-22-75(5)54(55)33-82-63-71-50-29-76(51-14-8-11-38-10-7-13-47(64)57(38)51)23-19-45(50)61(73-63)79-30-52-58(65)68-34-77(52)27-36(79)2/h1,7-8,10-11,13-18,24-26,34-37,41,54-55H,9,12,19-23,27-33H2,2-5H3/t36-,37-,41+,54?,55?/m1/s1. The van der Waals surface area contributed by atoms with Gasteiger partial charge in [-0.25, -0.2) is 14.4 Å². The van der Waals surface area contributed by atoms with Gasteiger partial charge in [-0.1, -0.05) is 65.5 Å². The fourth-order valence-corrected chi connectivity index (χ4v) is 13.7. The molecule has 0 bridgehead atoms. The fourth-order valence-electron chi connectivity index (χ4n) is 13.2. The van der Waals surface area contributed by atoms with Gasteiger partial charge in [-0.05, 0) is 125 Å². The van der Waals surface area contributed by atoms with Gasteiger partial charge in [-0.15, -0.1) is 6.42 Å². The molecule has 83 heavy (non-hydrogen) atoms. The quantitative estimate of drug-likeness (QED) is 0.108. The van der Waals surface area contributed by atoms with Gasteiger partial charge in [0.05, 0.1) is 71.5 Å². The van der Waals surface area contributed by atoms with E-state index < -0.39 is 11.8 Å². The third kappa shape index (κ3) is 9.64. The van der Waals surface area contributed by atoms with Crippen molar-refractivity contribution in [2.45, 2.75) is 103 Å². The van der Waals surface area contributed by atoms with Crippen LogP contribution >= 0.6 is 23.2 Å². The van der Waals surface area contributed by atoms with Crippen molar-refractivity contribution in [2.24, 2.45) is 0 Å². The van der Waals surface area contributed by atoms with Crippen LogP contribution in [0.3, 0.4) is 0 Å². The Kier molecular flexibility index (Phi) is 13.7. The molecule has 0 saturated carbocycles. The Morgan fingerprint density at radius 3 is 2.30 bits per heavy atom. The van der Waals surface area contributed by atoms with E-state index in [2.05, 4.69) is 97.2 Å². The smallest absolute Gasteiger partial charge is 0.319 e. The van der Waals surface area contributed by atoms with E-state index >= 15 is 8.78 Å². The second-order valence-electron chi connectivity index (χ2n) is 22.9. The van der Waals surface area contributed by atoms with Crippen molar-refractivity contribution in [1.82, 2.24) is 48.8 Å². The van der Waals surface area contributed by atoms with Crippen molar-refractivity contribution >= 4 is 73.0 Å². The minimum Gasteiger partial charge on any atom is -0.489 e. The van der Waals surface area contributed by atoms with Crippen LogP contribution in [-0.4, -0.2) is 126 Å². The van der Waals surface area contributed by atoms with Crippen LogP contribution in [0.25, 0.3) is 43.6 Å². The first-order chi connectivity index (χ1) is 40.3. The summed E-state index contributed by atoms with van der Waals surface area (Å²) in [6.07, 6.45) is 12.7. The topological polar surface area (TPSA) is 131 Å². The van der Waals surface area contributed by atoms with Crippen LogP contribution in [0.1, 0.15) is 61.3 Å². The molecule has 5 aliphatic rings. The number of halogens is 4. The summed E-state index contributed by atoms with van der Waals surface area (Å²) in [5.74, 6) is 3.68. The Hall–Kier alpha value is -7.82. The zero-order chi connectivity index (χ0) is 56.8. The third-order valence-corrected chi connectivity index (χ3v) is 18.4. The zero-order valence-corrected chi connectivity index (χ0v) is 48.1. The maximum Gasteiger partial charge on any atom is 0.319 e. The number of hydrogen-bond acceptors (Lipinski definition) is 14. The van der Waals surface area contributed by atoms with Crippen LogP contribution in [0.2, 0.25) is 10.2 Å². The lowest BCUT2D eigenvalue weighted by Gasteiger charge is -2.39. The van der Waals surface area contributed by atoms with Gasteiger partial charge >= 0.3 is 12.0 Å². The van der Waals surface area contributed by atoms with Crippen LogP contribution in [0, 0.1) is 24.1 Å². The summed E-state index contributed by atoms with van der Waals surface area (Å²) < 4.78 is 55.3. The van der Waals surface area contributed by atoms with Gasteiger partial charge < -0.3 is 42.9 Å². The van der Waals surface area contributed by atoms with E-state index in [9.17, 15) is 0 Å². The lowest BCUT2D eigenvalue weighted by atomic mass is 9.93. The highest BCUT2D eigenvalue weighted by Crippen LogP contribution is 2.42. The van der Waals surface area contributed by atoms with Gasteiger partial charge in [0.15, 0.2) is 5.15 Å². The molecular weight excluding hydrogens is 1100 g/mol. The SMILES string of the molecule is C#Cc1c(F)ccc2cc(OC3CCN(C)C3COc3nc4c(c(N5Cc6c(Cl)ncn6C[C@H]5C)n3)CCN(c3cccc5cccc(Cl)c35)C4)cc(-c3ccc4c(N5Cc6c(F)ncn6C[C@H]5C)nc(OC[C@@H]5CCCN5C)nc4c3)c12. The second kappa shape index (κ2) is 21.4. The van der Waals surface area contributed by atoms with E-state index in [1.165, 1.54) is 6.07 Å². The van der Waals surface area contributed by atoms with E-state index in [1.54, 1.807) is 12.4 Å². The summed E-state index contributed by atoms with van der Waals surface area (Å²) in [6.45, 7) is 9.97. The summed E-state index contributed by atoms with van der Waals surface area (Å²) in [5.41, 5.74) is 6.59. The van der Waals surface area contributed by atoms with Crippen LogP contribution in [-0.2, 0) is 39.1 Å². The monoisotopic (exact) mass is 1160 g/mol. The number of rotatable bonds is 12. The Labute approximate surface area is 489 Å². The predicted molar refractivity (Wildman–Crippen MR) is 319 cm³/mol. The zero-order valence-electron chi connectivity index (χ0n) is 46.6. The van der Waals surface area contributed by atoms with E-state index in [0.717, 1.165) is 82.7 Å². The molecule has 0 aliphatic carbocycles. The molecule has 16 nitrogen and oxygen atoms in total. The van der Waals surface area contributed by atoms with Crippen molar-refractivity contribution in [3.8, 4) is 41.2 Å². The highest BCUT2D eigenvalue weighted by Gasteiger charge is 2.37. The minimum atomic E-state index is -0.504. The molecule has 0 amide bonds. The summed E-state index contributed by atoms with van der Waals surface area (Å²) in [6, 6.07) is 25.8. The number of ether oxygens (including phenoxy) is 3. The Balaban J connectivity index is 0.793. The molecule has 0 spiro atoms. The van der Waals surface area contributed by atoms with Crippen LogP contribution in [0.15, 0.2) is 91.5 Å². The molecule has 0 N–H and O–H groups in total. The molecule has 9 heterocycles. The number of imidazole rings is 2. The molecule has 5 atom stereocenters. The van der Waals surface area contributed by atoms with Crippen LogP contribution in [0.4, 0.5) is 26.1 Å². The minimum absolute atomic E-state index is 0.0584. The Morgan fingerprint density at radius 2 is 1.48 bits per heavy atom. The van der Waals surface area contributed by atoms with Gasteiger partial charge in [0, 0.05) is 71.7 Å². The molecular formula is C63H61Cl2F2N13O3. The molecule has 5 aromatic carbocycles. The Morgan fingerprint density at radius 1 is 0.723 bits per heavy atom. The maximum absolute atomic E-state index is 15.9. The van der Waals surface area contributed by atoms with Crippen molar-refractivity contribution in [1.29, 1.82) is 0 Å². The predicted octanol–water partition coefficient (Wildman–Crippen LogP) is 10.7. The fraction of sp³-hybridized carbons (Fsp3) is 0.365. The molecule has 9 aromatic rings. The molecule has 5 aliphatic heterocycles. The van der Waals surface area contributed by atoms with E-state index in [1.807, 2.05) is 53.4 Å². The largest absolute Gasteiger partial charge is 0.489 e. The van der Waals surface area contributed by atoms with Crippen molar-refractivity contribution in [3.63, 3.8) is 0 Å². The van der Waals surface area contributed by atoms with E-state index in [0.29, 0.717) is 94.9 Å². The van der Waals surface area contributed by atoms with Gasteiger partial charge in [0.1, 0.15) is 42.5 Å². The second-order valence-corrected chi connectivity index (χ2v) is 23.6. The number of likely N-dealkylation sites (tertiary alicyclic amines) is 2. The average molecular weight is 1160 g/mol. The van der Waals surface area contributed by atoms with Crippen molar-refractivity contribution < 1.29 is 23.0 Å². The number of anilines is 3. The molecule has 0 radical (unpaired) electrons. The summed E-state index contributed by atoms with van der Waals surface area (Å²) >= 11 is 13.6. The number of hydrogen-bond donors (Lipinski definition) is 0. The van der Waals surface area contributed by atoms with Gasteiger partial charge in [0.2, 0.25) is 5.95 Å². The lowest BCUT2D eigenvalue weighted by molar-refractivity contribution is 0.102. The molecule has 20 heteroatoms. The first-order valence-corrected chi connectivity index (χ1v) is 29.2. The molecule has 2 unspecified atom stereocenters. The van der Waals surface area contributed by atoms with E-state index in [4.69, 9.17) is 63.8 Å². The number of likely N-dealkylation sites (N-methyl/N-ethyl adjacent to an activating group) is 2. The summed E-state index contributed by atoms with van der Waals surface area (Å²) in [5, 5.41) is 5.31. The molecule has 14 rings (SSSR count). The van der Waals surface area contributed by atoms with Gasteiger partial charge in [0.25, 0.3) is 0 Å². The third-order valence-electron chi connectivity index (χ3n) is 17.8. The number of benzene rings is 5. The van der Waals surface area contributed by atoms with Crippen LogP contribution in [0.5, 0.6) is 17.8 Å². The average Bonchev–Trinajstić information content (AvgIpc) is 4.48. The normalized spacial score (nSPS) is 21.0. The van der Waals surface area contributed by atoms with Crippen molar-refractivity contribution in [2.75, 3.05) is 61.6 Å². The molecule has 2 saturated heterocycles. The maximum atomic E-state index is 15.9. The number of aromatic nitrogens is 8. The van der Waals surface area contributed by atoms with Crippen molar-refractivity contribution in [3.05, 3.63) is 142 Å². The highest BCUT2D eigenvalue weighted by atomic mass is 35.5. The number of terminal acetylenes is 1. The summed E-state index contributed by atoms with van der Waals surface area (Å²) in [4.78, 5) is 40.2. The molecule has 4 aromatic heterocycles.